The molecule has 2 saturated heterocycles. The Morgan fingerprint density at radius 3 is 2.91 bits per heavy atom. The van der Waals surface area contributed by atoms with E-state index in [1.807, 2.05) is 0 Å². The van der Waals surface area contributed by atoms with Crippen molar-refractivity contribution < 1.29 is 9.47 Å². The molecule has 0 radical (unpaired) electrons. The second-order valence-electron chi connectivity index (χ2n) is 3.96. The van der Waals surface area contributed by atoms with E-state index in [-0.39, 0.29) is 0 Å². The predicted octanol–water partition coefficient (Wildman–Crippen LogP) is 1.34. The molecule has 3 rings (SSSR count). The van der Waals surface area contributed by atoms with Crippen molar-refractivity contribution in [3.05, 3.63) is 0 Å². The highest BCUT2D eigenvalue weighted by Gasteiger charge is 2.52. The molecule has 3 aliphatic rings. The maximum absolute atomic E-state index is 5.71. The van der Waals surface area contributed by atoms with Crippen LogP contribution in [0.4, 0.5) is 0 Å². The van der Waals surface area contributed by atoms with E-state index in [2.05, 4.69) is 0 Å². The zero-order chi connectivity index (χ0) is 7.26. The van der Waals surface area contributed by atoms with Gasteiger partial charge in [-0.15, -0.1) is 0 Å². The molecule has 4 atom stereocenters. The van der Waals surface area contributed by atoms with Gasteiger partial charge in [0.15, 0.2) is 0 Å². The van der Waals surface area contributed by atoms with Crippen molar-refractivity contribution in [2.24, 2.45) is 5.92 Å². The molecular weight excluding hydrogens is 140 g/mol. The second-order valence-corrected chi connectivity index (χ2v) is 3.96. The van der Waals surface area contributed by atoms with Crippen molar-refractivity contribution in [3.8, 4) is 0 Å². The average molecular weight is 154 g/mol. The highest BCUT2D eigenvalue weighted by atomic mass is 16.6. The summed E-state index contributed by atoms with van der Waals surface area (Å²) in [7, 11) is 0. The Balaban J connectivity index is 1.76. The Morgan fingerprint density at radius 2 is 1.91 bits per heavy atom. The molecule has 0 spiro atoms. The van der Waals surface area contributed by atoms with Gasteiger partial charge in [0.05, 0.1) is 18.8 Å². The quantitative estimate of drug-likeness (QED) is 0.491. The van der Waals surface area contributed by atoms with Crippen LogP contribution in [0.1, 0.15) is 25.7 Å². The van der Waals surface area contributed by atoms with E-state index in [9.17, 15) is 0 Å². The van der Waals surface area contributed by atoms with Crippen LogP contribution < -0.4 is 0 Å². The molecule has 0 aromatic heterocycles. The van der Waals surface area contributed by atoms with Crippen molar-refractivity contribution in [1.29, 1.82) is 0 Å². The van der Waals surface area contributed by atoms with Crippen LogP contribution in [0.3, 0.4) is 0 Å². The molecule has 11 heavy (non-hydrogen) atoms. The smallest absolute Gasteiger partial charge is 0.108 e. The number of hydrogen-bond acceptors (Lipinski definition) is 2. The molecule has 0 amide bonds. The molecule has 1 aliphatic carbocycles. The SMILES string of the molecule is C1CC[C@H]2OC[C@@H]3O[C@H]3[C@@H]2C1. The van der Waals surface area contributed by atoms with Gasteiger partial charge in [0.2, 0.25) is 0 Å². The van der Waals surface area contributed by atoms with Crippen LogP contribution in [0, 0.1) is 5.92 Å². The molecule has 1 saturated carbocycles. The molecule has 3 fully saturated rings. The molecule has 0 N–H and O–H groups in total. The summed E-state index contributed by atoms with van der Waals surface area (Å²) < 4.78 is 11.2. The zero-order valence-corrected chi connectivity index (χ0v) is 6.66. The van der Waals surface area contributed by atoms with Crippen LogP contribution in [0.2, 0.25) is 0 Å². The number of hydrogen-bond donors (Lipinski definition) is 0. The fourth-order valence-corrected chi connectivity index (χ4v) is 2.59. The summed E-state index contributed by atoms with van der Waals surface area (Å²) >= 11 is 0. The van der Waals surface area contributed by atoms with Gasteiger partial charge in [0.25, 0.3) is 0 Å². The minimum absolute atomic E-state index is 0.481. The van der Waals surface area contributed by atoms with Crippen LogP contribution >= 0.6 is 0 Å². The lowest BCUT2D eigenvalue weighted by Gasteiger charge is -2.32. The zero-order valence-electron chi connectivity index (χ0n) is 6.66. The predicted molar refractivity (Wildman–Crippen MR) is 40.4 cm³/mol. The highest BCUT2D eigenvalue weighted by molar-refractivity contribution is 4.98. The Bertz CT molecular complexity index is 169. The standard InChI is InChI=1S/C9H14O2/c1-2-4-7-6(3-1)9-8(11-9)5-10-7/h6-9H,1-5H2/t6-,7-,8+,9+/m1/s1. The molecule has 62 valence electrons. The molecular formula is C9H14O2. The van der Waals surface area contributed by atoms with Gasteiger partial charge >= 0.3 is 0 Å². The van der Waals surface area contributed by atoms with Crippen molar-refractivity contribution in [2.75, 3.05) is 6.61 Å². The Hall–Kier alpha value is -0.0800. The Kier molecular flexibility index (Phi) is 1.29. The molecule has 0 bridgehead atoms. The van der Waals surface area contributed by atoms with Crippen molar-refractivity contribution in [3.63, 3.8) is 0 Å². The van der Waals surface area contributed by atoms with Crippen molar-refractivity contribution in [1.82, 2.24) is 0 Å². The van der Waals surface area contributed by atoms with E-state index >= 15 is 0 Å². The van der Waals surface area contributed by atoms with Crippen LogP contribution in [0.25, 0.3) is 0 Å². The number of rotatable bonds is 0. The fourth-order valence-electron chi connectivity index (χ4n) is 2.59. The first-order chi connectivity index (χ1) is 5.45. The summed E-state index contributed by atoms with van der Waals surface area (Å²) in [6.07, 6.45) is 6.98. The molecule has 2 heterocycles. The van der Waals surface area contributed by atoms with E-state index in [0.29, 0.717) is 18.3 Å². The minimum Gasteiger partial charge on any atom is -0.375 e. The first-order valence-electron chi connectivity index (χ1n) is 4.72. The van der Waals surface area contributed by atoms with Crippen LogP contribution in [0.5, 0.6) is 0 Å². The molecule has 0 aromatic carbocycles. The van der Waals surface area contributed by atoms with E-state index in [4.69, 9.17) is 9.47 Å². The fraction of sp³-hybridized carbons (Fsp3) is 1.00. The summed E-state index contributed by atoms with van der Waals surface area (Å²) in [4.78, 5) is 0. The number of fused-ring (bicyclic) bond motifs is 3. The number of ether oxygens (including phenoxy) is 2. The van der Waals surface area contributed by atoms with Gasteiger partial charge in [-0.2, -0.15) is 0 Å². The van der Waals surface area contributed by atoms with Crippen molar-refractivity contribution in [2.45, 2.75) is 44.0 Å². The largest absolute Gasteiger partial charge is 0.375 e. The van der Waals surface area contributed by atoms with Gasteiger partial charge in [0, 0.05) is 5.92 Å². The molecule has 2 aliphatic heterocycles. The van der Waals surface area contributed by atoms with Crippen LogP contribution in [0.15, 0.2) is 0 Å². The van der Waals surface area contributed by atoms with Gasteiger partial charge < -0.3 is 9.47 Å². The summed E-state index contributed by atoms with van der Waals surface area (Å²) in [6.45, 7) is 0.867. The minimum atomic E-state index is 0.481. The third-order valence-electron chi connectivity index (χ3n) is 3.27. The molecule has 0 unspecified atom stereocenters. The van der Waals surface area contributed by atoms with E-state index < -0.39 is 0 Å². The van der Waals surface area contributed by atoms with Crippen molar-refractivity contribution >= 4 is 0 Å². The molecule has 2 nitrogen and oxygen atoms in total. The maximum atomic E-state index is 5.71. The first-order valence-corrected chi connectivity index (χ1v) is 4.72. The monoisotopic (exact) mass is 154 g/mol. The summed E-state index contributed by atoms with van der Waals surface area (Å²) in [6, 6.07) is 0. The summed E-state index contributed by atoms with van der Waals surface area (Å²) in [5.74, 6) is 0.752. The van der Waals surface area contributed by atoms with E-state index in [1.165, 1.54) is 25.7 Å². The lowest BCUT2D eigenvalue weighted by Crippen LogP contribution is -2.37. The lowest BCUT2D eigenvalue weighted by molar-refractivity contribution is -0.0305. The Labute approximate surface area is 66.9 Å². The average Bonchev–Trinajstić information content (AvgIpc) is 2.83. The number of epoxide rings is 1. The molecule has 2 heteroatoms. The van der Waals surface area contributed by atoms with Gasteiger partial charge in [0.1, 0.15) is 6.10 Å². The van der Waals surface area contributed by atoms with Gasteiger partial charge in [-0.3, -0.25) is 0 Å². The summed E-state index contributed by atoms with van der Waals surface area (Å²) in [5.41, 5.74) is 0. The van der Waals surface area contributed by atoms with E-state index in [1.54, 1.807) is 0 Å². The normalized spacial score (nSPS) is 54.5. The third kappa shape index (κ3) is 0.926. The molecule has 0 aromatic rings. The Morgan fingerprint density at radius 1 is 1.00 bits per heavy atom. The van der Waals surface area contributed by atoms with Gasteiger partial charge in [-0.25, -0.2) is 0 Å². The first kappa shape index (κ1) is 6.44. The van der Waals surface area contributed by atoms with Crippen LogP contribution in [-0.4, -0.2) is 24.9 Å². The third-order valence-corrected chi connectivity index (χ3v) is 3.27. The summed E-state index contributed by atoms with van der Waals surface area (Å²) in [5, 5.41) is 0. The highest BCUT2D eigenvalue weighted by Crippen LogP contribution is 2.43. The van der Waals surface area contributed by atoms with E-state index in [0.717, 1.165) is 12.5 Å². The van der Waals surface area contributed by atoms with Crippen LogP contribution in [-0.2, 0) is 9.47 Å². The topological polar surface area (TPSA) is 21.8 Å². The lowest BCUT2D eigenvalue weighted by atomic mass is 9.82. The maximum Gasteiger partial charge on any atom is 0.108 e. The van der Waals surface area contributed by atoms with Gasteiger partial charge in [-0.05, 0) is 12.8 Å². The second kappa shape index (κ2) is 2.20. The van der Waals surface area contributed by atoms with Gasteiger partial charge in [-0.1, -0.05) is 12.8 Å².